The summed E-state index contributed by atoms with van der Waals surface area (Å²) in [5, 5.41) is 0.610. The summed E-state index contributed by atoms with van der Waals surface area (Å²) in [6.07, 6.45) is 3.79. The Hall–Kier alpha value is -2.68. The fourth-order valence-corrected chi connectivity index (χ4v) is 2.45. The highest BCUT2D eigenvalue weighted by Crippen LogP contribution is 2.22. The number of para-hydroxylation sites is 1. The number of hydrogen-bond donors (Lipinski definition) is 1. The summed E-state index contributed by atoms with van der Waals surface area (Å²) in [5.41, 5.74) is 3.12. The molecule has 0 saturated carbocycles. The van der Waals surface area contributed by atoms with Gasteiger partial charge >= 0.3 is 0 Å². The first kappa shape index (κ1) is 15.2. The van der Waals surface area contributed by atoms with E-state index in [9.17, 15) is 4.79 Å². The highest BCUT2D eigenvalue weighted by atomic mass is 16.1. The Bertz CT molecular complexity index is 913. The van der Waals surface area contributed by atoms with Gasteiger partial charge in [0.1, 0.15) is 5.82 Å². The molecular formula is C20H20N2O. The van der Waals surface area contributed by atoms with Crippen molar-refractivity contribution < 1.29 is 0 Å². The molecule has 0 aliphatic rings. The third-order valence-electron chi connectivity index (χ3n) is 3.84. The minimum Gasteiger partial charge on any atom is -0.306 e. The number of fused-ring (bicyclic) bond motifs is 1. The lowest BCUT2D eigenvalue weighted by Crippen LogP contribution is -2.10. The quantitative estimate of drug-likeness (QED) is 0.763. The average molecular weight is 304 g/mol. The normalized spacial score (nSPS) is 12.1. The maximum atomic E-state index is 12.0. The molecule has 3 heteroatoms. The number of H-pyrrole nitrogens is 1. The van der Waals surface area contributed by atoms with E-state index >= 15 is 0 Å². The SMILES string of the molecule is CC(C)(C)c1ccc(C=Cc2nc3ccccc3c(=O)[nH]2)cc1. The largest absolute Gasteiger partial charge is 0.306 e. The number of rotatable bonds is 2. The van der Waals surface area contributed by atoms with Gasteiger partial charge in [-0.1, -0.05) is 63.2 Å². The molecule has 0 aliphatic carbocycles. The molecule has 0 saturated heterocycles. The van der Waals surface area contributed by atoms with Crippen LogP contribution in [0.2, 0.25) is 0 Å². The third-order valence-corrected chi connectivity index (χ3v) is 3.84. The van der Waals surface area contributed by atoms with Crippen LogP contribution in [0.25, 0.3) is 23.1 Å². The molecule has 1 N–H and O–H groups in total. The molecule has 3 nitrogen and oxygen atoms in total. The lowest BCUT2D eigenvalue weighted by atomic mass is 9.87. The van der Waals surface area contributed by atoms with E-state index in [0.717, 1.165) is 5.56 Å². The summed E-state index contributed by atoms with van der Waals surface area (Å²) >= 11 is 0. The molecule has 0 bridgehead atoms. The van der Waals surface area contributed by atoms with Crippen LogP contribution in [0.1, 0.15) is 37.7 Å². The second-order valence-electron chi connectivity index (χ2n) is 6.67. The Kier molecular flexibility index (Phi) is 3.87. The van der Waals surface area contributed by atoms with E-state index in [1.54, 1.807) is 6.07 Å². The van der Waals surface area contributed by atoms with Crippen LogP contribution in [0, 0.1) is 0 Å². The van der Waals surface area contributed by atoms with Crippen molar-refractivity contribution in [1.82, 2.24) is 9.97 Å². The lowest BCUT2D eigenvalue weighted by molar-refractivity contribution is 0.590. The summed E-state index contributed by atoms with van der Waals surface area (Å²) in [5.74, 6) is 0.564. The zero-order valence-electron chi connectivity index (χ0n) is 13.6. The first-order valence-electron chi connectivity index (χ1n) is 7.71. The van der Waals surface area contributed by atoms with Crippen molar-refractivity contribution in [2.75, 3.05) is 0 Å². The van der Waals surface area contributed by atoms with Gasteiger partial charge in [-0.3, -0.25) is 4.79 Å². The maximum Gasteiger partial charge on any atom is 0.259 e. The van der Waals surface area contributed by atoms with E-state index in [2.05, 4.69) is 55.0 Å². The highest BCUT2D eigenvalue weighted by molar-refractivity contribution is 5.78. The molecule has 0 fully saturated rings. The summed E-state index contributed by atoms with van der Waals surface area (Å²) in [6.45, 7) is 6.59. The van der Waals surface area contributed by atoms with Crippen LogP contribution in [-0.4, -0.2) is 9.97 Å². The van der Waals surface area contributed by atoms with Crippen molar-refractivity contribution >= 4 is 23.1 Å². The second-order valence-corrected chi connectivity index (χ2v) is 6.67. The van der Waals surface area contributed by atoms with E-state index in [1.807, 2.05) is 30.4 Å². The van der Waals surface area contributed by atoms with Gasteiger partial charge in [0.15, 0.2) is 0 Å². The van der Waals surface area contributed by atoms with Gasteiger partial charge in [0.05, 0.1) is 10.9 Å². The van der Waals surface area contributed by atoms with Crippen LogP contribution in [0.15, 0.2) is 53.3 Å². The number of aromatic nitrogens is 2. The molecular weight excluding hydrogens is 284 g/mol. The number of hydrogen-bond acceptors (Lipinski definition) is 2. The average Bonchev–Trinajstić information content (AvgIpc) is 2.52. The molecule has 3 rings (SSSR count). The summed E-state index contributed by atoms with van der Waals surface area (Å²) < 4.78 is 0. The molecule has 1 heterocycles. The van der Waals surface area contributed by atoms with E-state index in [1.165, 1.54) is 5.56 Å². The number of aromatic amines is 1. The molecule has 23 heavy (non-hydrogen) atoms. The fourth-order valence-electron chi connectivity index (χ4n) is 2.45. The van der Waals surface area contributed by atoms with E-state index in [4.69, 9.17) is 0 Å². The van der Waals surface area contributed by atoms with Crippen LogP contribution in [0.4, 0.5) is 0 Å². The number of nitrogens with one attached hydrogen (secondary N) is 1. The second kappa shape index (κ2) is 5.84. The van der Waals surface area contributed by atoms with Crippen LogP contribution in [0.3, 0.4) is 0 Å². The first-order valence-corrected chi connectivity index (χ1v) is 7.71. The molecule has 0 unspecified atom stereocenters. The fraction of sp³-hybridized carbons (Fsp3) is 0.200. The van der Waals surface area contributed by atoms with Gasteiger partial charge in [-0.25, -0.2) is 4.98 Å². The molecule has 3 aromatic rings. The van der Waals surface area contributed by atoms with Crippen molar-refractivity contribution in [1.29, 1.82) is 0 Å². The monoisotopic (exact) mass is 304 g/mol. The summed E-state index contributed by atoms with van der Waals surface area (Å²) in [4.78, 5) is 19.3. The van der Waals surface area contributed by atoms with Gasteiger partial charge in [-0.2, -0.15) is 0 Å². The Morgan fingerprint density at radius 3 is 2.35 bits per heavy atom. The van der Waals surface area contributed by atoms with E-state index in [-0.39, 0.29) is 11.0 Å². The van der Waals surface area contributed by atoms with Crippen LogP contribution < -0.4 is 5.56 Å². The Morgan fingerprint density at radius 1 is 0.957 bits per heavy atom. The van der Waals surface area contributed by atoms with E-state index in [0.29, 0.717) is 16.7 Å². The van der Waals surface area contributed by atoms with Gasteiger partial charge in [-0.05, 0) is 34.8 Å². The van der Waals surface area contributed by atoms with Gasteiger partial charge in [0.2, 0.25) is 0 Å². The number of benzene rings is 2. The Balaban J connectivity index is 1.89. The molecule has 0 atom stereocenters. The minimum atomic E-state index is -0.113. The van der Waals surface area contributed by atoms with Crippen molar-refractivity contribution in [2.45, 2.75) is 26.2 Å². The summed E-state index contributed by atoms with van der Waals surface area (Å²) in [7, 11) is 0. The molecule has 116 valence electrons. The molecule has 0 radical (unpaired) electrons. The van der Waals surface area contributed by atoms with Crippen LogP contribution in [-0.2, 0) is 5.41 Å². The zero-order valence-corrected chi connectivity index (χ0v) is 13.6. The highest BCUT2D eigenvalue weighted by Gasteiger charge is 2.12. The summed E-state index contributed by atoms with van der Waals surface area (Å²) in [6, 6.07) is 15.8. The molecule has 0 aliphatic heterocycles. The maximum absolute atomic E-state index is 12.0. The van der Waals surface area contributed by atoms with Gasteiger partial charge in [0.25, 0.3) is 5.56 Å². The Labute approximate surface area is 135 Å². The smallest absolute Gasteiger partial charge is 0.259 e. The van der Waals surface area contributed by atoms with Gasteiger partial charge < -0.3 is 4.98 Å². The predicted molar refractivity (Wildman–Crippen MR) is 96.4 cm³/mol. The van der Waals surface area contributed by atoms with Gasteiger partial charge in [0, 0.05) is 0 Å². The standard InChI is InChI=1S/C20H20N2O/c1-20(2,3)15-11-8-14(9-12-15)10-13-18-21-17-7-5-4-6-16(17)19(23)22-18/h4-13H,1-3H3,(H,21,22,23). The van der Waals surface area contributed by atoms with Gasteiger partial charge in [-0.15, -0.1) is 0 Å². The number of nitrogens with zero attached hydrogens (tertiary/aromatic N) is 1. The first-order chi connectivity index (χ1) is 10.9. The minimum absolute atomic E-state index is 0.113. The molecule has 2 aromatic carbocycles. The van der Waals surface area contributed by atoms with Crippen LogP contribution >= 0.6 is 0 Å². The predicted octanol–water partition coefficient (Wildman–Crippen LogP) is 4.39. The third kappa shape index (κ3) is 3.39. The van der Waals surface area contributed by atoms with Crippen LogP contribution in [0.5, 0.6) is 0 Å². The van der Waals surface area contributed by atoms with Crippen molar-refractivity contribution in [3.05, 3.63) is 75.8 Å². The lowest BCUT2D eigenvalue weighted by Gasteiger charge is -2.18. The molecule has 0 amide bonds. The Morgan fingerprint density at radius 2 is 1.65 bits per heavy atom. The van der Waals surface area contributed by atoms with Crippen molar-refractivity contribution in [3.63, 3.8) is 0 Å². The van der Waals surface area contributed by atoms with Crippen molar-refractivity contribution in [3.8, 4) is 0 Å². The zero-order chi connectivity index (χ0) is 16.4. The molecule has 1 aromatic heterocycles. The topological polar surface area (TPSA) is 45.8 Å². The van der Waals surface area contributed by atoms with Crippen molar-refractivity contribution in [2.24, 2.45) is 0 Å². The van der Waals surface area contributed by atoms with E-state index < -0.39 is 0 Å². The molecule has 0 spiro atoms.